The first-order valence-corrected chi connectivity index (χ1v) is 4.73. The summed E-state index contributed by atoms with van der Waals surface area (Å²) in [4.78, 5) is 0. The van der Waals surface area contributed by atoms with Crippen molar-refractivity contribution in [1.82, 2.24) is 0 Å². The third-order valence-electron chi connectivity index (χ3n) is 1.49. The molecular formula is C9H18OS. The lowest BCUT2D eigenvalue weighted by Gasteiger charge is -2.11. The monoisotopic (exact) mass is 174 g/mol. The van der Waals surface area contributed by atoms with Crippen LogP contribution in [0.15, 0.2) is 12.2 Å². The highest BCUT2D eigenvalue weighted by molar-refractivity contribution is 7.80. The van der Waals surface area contributed by atoms with Crippen LogP contribution >= 0.6 is 12.6 Å². The van der Waals surface area contributed by atoms with Gasteiger partial charge >= 0.3 is 0 Å². The van der Waals surface area contributed by atoms with Crippen molar-refractivity contribution in [3.8, 4) is 0 Å². The maximum absolute atomic E-state index is 5.49. The van der Waals surface area contributed by atoms with Gasteiger partial charge in [0.2, 0.25) is 0 Å². The van der Waals surface area contributed by atoms with Gasteiger partial charge in [0.15, 0.2) is 0 Å². The highest BCUT2D eigenvalue weighted by Gasteiger charge is 2.00. The molecule has 0 heterocycles. The SMILES string of the molecule is C=C(CS)COC(C)CCC. The fraction of sp³-hybridized carbons (Fsp3) is 0.778. The lowest BCUT2D eigenvalue weighted by atomic mass is 10.2. The Morgan fingerprint density at radius 2 is 2.27 bits per heavy atom. The molecule has 1 nitrogen and oxygen atoms in total. The third-order valence-corrected chi connectivity index (χ3v) is 1.94. The second kappa shape index (κ2) is 6.74. The maximum Gasteiger partial charge on any atom is 0.0685 e. The molecule has 0 rings (SSSR count). The van der Waals surface area contributed by atoms with Crippen LogP contribution in [0.4, 0.5) is 0 Å². The van der Waals surface area contributed by atoms with Crippen LogP contribution in [-0.2, 0) is 4.74 Å². The van der Waals surface area contributed by atoms with E-state index in [9.17, 15) is 0 Å². The molecule has 0 spiro atoms. The van der Waals surface area contributed by atoms with Gasteiger partial charge in [0.1, 0.15) is 0 Å². The summed E-state index contributed by atoms with van der Waals surface area (Å²) in [5.41, 5.74) is 1.05. The predicted octanol–water partition coefficient (Wildman–Crippen LogP) is 2.68. The van der Waals surface area contributed by atoms with E-state index in [2.05, 4.69) is 33.1 Å². The second-order valence-corrected chi connectivity index (χ2v) is 3.13. The molecule has 0 N–H and O–H groups in total. The highest BCUT2D eigenvalue weighted by Crippen LogP contribution is 2.03. The summed E-state index contributed by atoms with van der Waals surface area (Å²) in [7, 11) is 0. The Kier molecular flexibility index (Phi) is 6.77. The van der Waals surface area contributed by atoms with Gasteiger partial charge in [0.05, 0.1) is 12.7 Å². The van der Waals surface area contributed by atoms with Crippen LogP contribution in [0.5, 0.6) is 0 Å². The van der Waals surface area contributed by atoms with E-state index in [0.29, 0.717) is 12.7 Å². The smallest absolute Gasteiger partial charge is 0.0685 e. The summed E-state index contributed by atoms with van der Waals surface area (Å²) in [6.45, 7) is 8.71. The van der Waals surface area contributed by atoms with Crippen LogP contribution in [-0.4, -0.2) is 18.5 Å². The Labute approximate surface area is 75.2 Å². The molecule has 0 radical (unpaired) electrons. The predicted molar refractivity (Wildman–Crippen MR) is 53.3 cm³/mol. The van der Waals surface area contributed by atoms with Crippen LogP contribution in [0.3, 0.4) is 0 Å². The average molecular weight is 174 g/mol. The minimum absolute atomic E-state index is 0.358. The molecule has 0 amide bonds. The van der Waals surface area contributed by atoms with Gasteiger partial charge in [-0.05, 0) is 18.9 Å². The number of hydrogen-bond donors (Lipinski definition) is 1. The zero-order chi connectivity index (χ0) is 8.69. The number of ether oxygens (including phenoxy) is 1. The summed E-state index contributed by atoms with van der Waals surface area (Å²) in [5, 5.41) is 0. The van der Waals surface area contributed by atoms with Crippen molar-refractivity contribution in [1.29, 1.82) is 0 Å². The van der Waals surface area contributed by atoms with Crippen molar-refractivity contribution in [2.75, 3.05) is 12.4 Å². The molecule has 0 aliphatic heterocycles. The van der Waals surface area contributed by atoms with E-state index >= 15 is 0 Å². The van der Waals surface area contributed by atoms with Gasteiger partial charge in [-0.2, -0.15) is 12.6 Å². The number of thiol groups is 1. The Balaban J connectivity index is 3.29. The Morgan fingerprint density at radius 1 is 1.64 bits per heavy atom. The first-order chi connectivity index (χ1) is 5.20. The zero-order valence-corrected chi connectivity index (χ0v) is 8.36. The third kappa shape index (κ3) is 6.45. The van der Waals surface area contributed by atoms with Crippen LogP contribution in [0.2, 0.25) is 0 Å². The Hall–Kier alpha value is 0.0500. The summed E-state index contributed by atoms with van der Waals surface area (Å²) >= 11 is 4.09. The van der Waals surface area contributed by atoms with Crippen LogP contribution < -0.4 is 0 Å². The van der Waals surface area contributed by atoms with Gasteiger partial charge in [-0.25, -0.2) is 0 Å². The van der Waals surface area contributed by atoms with Crippen molar-refractivity contribution in [3.63, 3.8) is 0 Å². The van der Waals surface area contributed by atoms with E-state index in [4.69, 9.17) is 4.74 Å². The van der Waals surface area contributed by atoms with Gasteiger partial charge in [-0.15, -0.1) is 0 Å². The van der Waals surface area contributed by atoms with Crippen LogP contribution in [0.1, 0.15) is 26.7 Å². The summed E-state index contributed by atoms with van der Waals surface area (Å²) in [5.74, 6) is 0.721. The van der Waals surface area contributed by atoms with Crippen LogP contribution in [0.25, 0.3) is 0 Å². The van der Waals surface area contributed by atoms with Gasteiger partial charge in [0, 0.05) is 5.75 Å². The van der Waals surface area contributed by atoms with Crippen LogP contribution in [0, 0.1) is 0 Å². The second-order valence-electron chi connectivity index (χ2n) is 2.82. The summed E-state index contributed by atoms with van der Waals surface area (Å²) < 4.78 is 5.49. The van der Waals surface area contributed by atoms with E-state index in [1.54, 1.807) is 0 Å². The standard InChI is InChI=1S/C9H18OS/c1-4-5-9(3)10-6-8(2)7-11/h9,11H,2,4-7H2,1,3H3. The van der Waals surface area contributed by atoms with E-state index in [0.717, 1.165) is 17.7 Å². The first kappa shape index (κ1) is 11.1. The first-order valence-electron chi connectivity index (χ1n) is 4.09. The van der Waals surface area contributed by atoms with Crippen molar-refractivity contribution in [2.24, 2.45) is 0 Å². The molecule has 0 aliphatic rings. The van der Waals surface area contributed by atoms with Gasteiger partial charge in [0.25, 0.3) is 0 Å². The molecule has 0 aromatic rings. The minimum atomic E-state index is 0.358. The van der Waals surface area contributed by atoms with Gasteiger partial charge in [-0.1, -0.05) is 19.9 Å². The molecule has 0 fully saturated rings. The molecule has 11 heavy (non-hydrogen) atoms. The zero-order valence-electron chi connectivity index (χ0n) is 7.47. The molecule has 1 unspecified atom stereocenters. The Morgan fingerprint density at radius 3 is 2.73 bits per heavy atom. The molecule has 0 saturated carbocycles. The maximum atomic E-state index is 5.49. The van der Waals surface area contributed by atoms with E-state index in [1.165, 1.54) is 6.42 Å². The summed E-state index contributed by atoms with van der Waals surface area (Å²) in [6, 6.07) is 0. The highest BCUT2D eigenvalue weighted by atomic mass is 32.1. The fourth-order valence-corrected chi connectivity index (χ4v) is 0.887. The summed E-state index contributed by atoms with van der Waals surface area (Å²) in [6.07, 6.45) is 2.66. The minimum Gasteiger partial charge on any atom is -0.374 e. The molecule has 0 saturated heterocycles. The van der Waals surface area contributed by atoms with Gasteiger partial charge in [-0.3, -0.25) is 0 Å². The lowest BCUT2D eigenvalue weighted by Crippen LogP contribution is -2.10. The average Bonchev–Trinajstić information content (AvgIpc) is 2.01. The van der Waals surface area contributed by atoms with E-state index in [-0.39, 0.29) is 0 Å². The van der Waals surface area contributed by atoms with Crippen molar-refractivity contribution >= 4 is 12.6 Å². The van der Waals surface area contributed by atoms with Crippen molar-refractivity contribution < 1.29 is 4.74 Å². The molecule has 1 atom stereocenters. The van der Waals surface area contributed by atoms with E-state index in [1.807, 2.05) is 0 Å². The largest absolute Gasteiger partial charge is 0.374 e. The lowest BCUT2D eigenvalue weighted by molar-refractivity contribution is 0.0771. The van der Waals surface area contributed by atoms with Crippen molar-refractivity contribution in [2.45, 2.75) is 32.8 Å². The molecule has 0 aromatic carbocycles. The van der Waals surface area contributed by atoms with Gasteiger partial charge < -0.3 is 4.74 Å². The molecular weight excluding hydrogens is 156 g/mol. The molecule has 66 valence electrons. The van der Waals surface area contributed by atoms with E-state index < -0.39 is 0 Å². The Bertz CT molecular complexity index is 112. The number of hydrogen-bond acceptors (Lipinski definition) is 2. The quantitative estimate of drug-likeness (QED) is 0.481. The topological polar surface area (TPSA) is 9.23 Å². The molecule has 2 heteroatoms. The molecule has 0 aromatic heterocycles. The fourth-order valence-electron chi connectivity index (χ4n) is 0.796. The number of rotatable bonds is 6. The normalized spacial score (nSPS) is 13.0. The molecule has 0 aliphatic carbocycles. The molecule has 0 bridgehead atoms. The van der Waals surface area contributed by atoms with Crippen molar-refractivity contribution in [3.05, 3.63) is 12.2 Å².